The zero-order valence-electron chi connectivity index (χ0n) is 15.7. The lowest BCUT2D eigenvalue weighted by Crippen LogP contribution is -2.05. The number of carbonyl (C=O) groups is 1. The Bertz CT molecular complexity index is 943. The maximum Gasteiger partial charge on any atom is 0.338 e. The van der Waals surface area contributed by atoms with Crippen molar-refractivity contribution in [3.05, 3.63) is 47.5 Å². The van der Waals surface area contributed by atoms with E-state index < -0.39 is 0 Å². The van der Waals surface area contributed by atoms with Crippen LogP contribution in [0.15, 0.2) is 36.4 Å². The number of carbonyl (C=O) groups excluding carboxylic acids is 1. The molecule has 0 unspecified atom stereocenters. The first-order valence-electron chi connectivity index (χ1n) is 8.48. The van der Waals surface area contributed by atoms with Crippen molar-refractivity contribution in [2.75, 3.05) is 12.4 Å². The van der Waals surface area contributed by atoms with Crippen molar-refractivity contribution in [2.45, 2.75) is 26.9 Å². The Morgan fingerprint density at radius 3 is 2.50 bits per heavy atom. The number of aromatic nitrogens is 2. The molecule has 1 aromatic heterocycles. The molecule has 0 saturated heterocycles. The van der Waals surface area contributed by atoms with Gasteiger partial charge in [0.1, 0.15) is 5.75 Å². The number of imidazole rings is 1. The molecule has 0 amide bonds. The zero-order chi connectivity index (χ0) is 18.8. The van der Waals surface area contributed by atoms with Gasteiger partial charge in [-0.3, -0.25) is 0 Å². The molecule has 1 N–H and O–H groups in total. The topological polar surface area (TPSA) is 65.4 Å². The van der Waals surface area contributed by atoms with Crippen molar-refractivity contribution in [1.82, 2.24) is 9.55 Å². The molecular weight excluding hydrogens is 330 g/mol. The first kappa shape index (κ1) is 17.8. The second-order valence-electron chi connectivity index (χ2n) is 6.46. The Morgan fingerprint density at radius 1 is 1.19 bits per heavy atom. The summed E-state index contributed by atoms with van der Waals surface area (Å²) < 4.78 is 12.5. The number of rotatable bonds is 5. The van der Waals surface area contributed by atoms with Crippen LogP contribution in [0.5, 0.6) is 5.75 Å². The molecule has 0 fully saturated rings. The van der Waals surface area contributed by atoms with Gasteiger partial charge in [-0.2, -0.15) is 0 Å². The van der Waals surface area contributed by atoms with E-state index in [4.69, 9.17) is 9.47 Å². The van der Waals surface area contributed by atoms with E-state index in [0.29, 0.717) is 11.5 Å². The number of esters is 1. The SMILES string of the molecule is COC(=O)c1cc2nc(Nc3ccc(OC(C)C)cc3)n(C)c2cc1C. The predicted octanol–water partition coefficient (Wildman–Crippen LogP) is 4.20. The molecule has 3 rings (SSSR count). The van der Waals surface area contributed by atoms with Crippen molar-refractivity contribution in [3.63, 3.8) is 0 Å². The largest absolute Gasteiger partial charge is 0.491 e. The molecule has 26 heavy (non-hydrogen) atoms. The quantitative estimate of drug-likeness (QED) is 0.697. The molecule has 0 aliphatic heterocycles. The number of aryl methyl sites for hydroxylation is 2. The summed E-state index contributed by atoms with van der Waals surface area (Å²) in [5.74, 6) is 1.16. The maximum absolute atomic E-state index is 11.9. The number of hydrogen-bond acceptors (Lipinski definition) is 5. The summed E-state index contributed by atoms with van der Waals surface area (Å²) in [4.78, 5) is 16.5. The number of fused-ring (bicyclic) bond motifs is 1. The summed E-state index contributed by atoms with van der Waals surface area (Å²) in [6.45, 7) is 5.88. The number of nitrogens with one attached hydrogen (secondary N) is 1. The molecule has 0 radical (unpaired) electrons. The molecule has 6 heteroatoms. The number of anilines is 2. The average molecular weight is 353 g/mol. The predicted molar refractivity (Wildman–Crippen MR) is 102 cm³/mol. The lowest BCUT2D eigenvalue weighted by atomic mass is 10.1. The number of benzene rings is 2. The van der Waals surface area contributed by atoms with Gasteiger partial charge in [0.25, 0.3) is 0 Å². The third-order valence-corrected chi connectivity index (χ3v) is 4.11. The van der Waals surface area contributed by atoms with Gasteiger partial charge in [0.15, 0.2) is 0 Å². The molecular formula is C20H23N3O3. The third-order valence-electron chi connectivity index (χ3n) is 4.11. The molecule has 0 saturated carbocycles. The van der Waals surface area contributed by atoms with Crippen molar-refractivity contribution in [1.29, 1.82) is 0 Å². The second kappa shape index (κ2) is 7.07. The van der Waals surface area contributed by atoms with Gasteiger partial charge in [0, 0.05) is 12.7 Å². The standard InChI is InChI=1S/C20H23N3O3/c1-12(2)26-15-8-6-14(7-9-15)21-20-22-17-11-16(19(24)25-5)13(3)10-18(17)23(20)4/h6-12H,1-5H3,(H,21,22). The highest BCUT2D eigenvalue weighted by Gasteiger charge is 2.15. The van der Waals surface area contributed by atoms with Crippen LogP contribution < -0.4 is 10.1 Å². The fourth-order valence-corrected chi connectivity index (χ4v) is 2.80. The smallest absolute Gasteiger partial charge is 0.338 e. The van der Waals surface area contributed by atoms with Gasteiger partial charge in [-0.25, -0.2) is 9.78 Å². The molecule has 136 valence electrons. The molecule has 6 nitrogen and oxygen atoms in total. The van der Waals surface area contributed by atoms with E-state index in [9.17, 15) is 4.79 Å². The molecule has 1 heterocycles. The molecule has 0 atom stereocenters. The Morgan fingerprint density at radius 2 is 1.88 bits per heavy atom. The summed E-state index contributed by atoms with van der Waals surface area (Å²) in [6.07, 6.45) is 0.140. The summed E-state index contributed by atoms with van der Waals surface area (Å²) in [6, 6.07) is 11.4. The van der Waals surface area contributed by atoms with Gasteiger partial charge in [-0.05, 0) is 62.7 Å². The molecule has 0 bridgehead atoms. The van der Waals surface area contributed by atoms with Crippen LogP contribution in [0.3, 0.4) is 0 Å². The summed E-state index contributed by atoms with van der Waals surface area (Å²) >= 11 is 0. The number of nitrogens with zero attached hydrogens (tertiary/aromatic N) is 2. The van der Waals surface area contributed by atoms with Crippen LogP contribution in [0, 0.1) is 6.92 Å². The van der Waals surface area contributed by atoms with E-state index in [-0.39, 0.29) is 12.1 Å². The monoisotopic (exact) mass is 353 g/mol. The van der Waals surface area contributed by atoms with E-state index in [1.165, 1.54) is 7.11 Å². The molecule has 0 spiro atoms. The fourth-order valence-electron chi connectivity index (χ4n) is 2.80. The van der Waals surface area contributed by atoms with E-state index in [1.807, 2.05) is 62.7 Å². The van der Waals surface area contributed by atoms with Crippen LogP contribution in [-0.4, -0.2) is 28.7 Å². The molecule has 3 aromatic rings. The summed E-state index contributed by atoms with van der Waals surface area (Å²) in [7, 11) is 3.31. The van der Waals surface area contributed by atoms with Crippen LogP contribution in [0.4, 0.5) is 11.6 Å². The Labute approximate surface area is 152 Å². The number of hydrogen-bond donors (Lipinski definition) is 1. The number of ether oxygens (including phenoxy) is 2. The van der Waals surface area contributed by atoms with Crippen molar-refractivity contribution in [2.24, 2.45) is 7.05 Å². The highest BCUT2D eigenvalue weighted by Crippen LogP contribution is 2.26. The molecule has 2 aromatic carbocycles. The Hall–Kier alpha value is -3.02. The van der Waals surface area contributed by atoms with Crippen LogP contribution in [0.1, 0.15) is 29.8 Å². The van der Waals surface area contributed by atoms with Crippen molar-refractivity contribution in [3.8, 4) is 5.75 Å². The minimum absolute atomic E-state index is 0.140. The lowest BCUT2D eigenvalue weighted by Gasteiger charge is -2.11. The van der Waals surface area contributed by atoms with Crippen LogP contribution >= 0.6 is 0 Å². The minimum atomic E-state index is -0.356. The van der Waals surface area contributed by atoms with Gasteiger partial charge in [0.05, 0.1) is 29.8 Å². The Balaban J connectivity index is 1.90. The van der Waals surface area contributed by atoms with E-state index >= 15 is 0 Å². The summed E-state index contributed by atoms with van der Waals surface area (Å²) in [5.41, 5.74) is 3.97. The van der Waals surface area contributed by atoms with Gasteiger partial charge in [-0.1, -0.05) is 0 Å². The highest BCUT2D eigenvalue weighted by molar-refractivity contribution is 5.96. The maximum atomic E-state index is 11.9. The number of methoxy groups -OCH3 is 1. The van der Waals surface area contributed by atoms with Crippen LogP contribution in [0.25, 0.3) is 11.0 Å². The van der Waals surface area contributed by atoms with E-state index in [0.717, 1.165) is 28.0 Å². The van der Waals surface area contributed by atoms with Gasteiger partial charge >= 0.3 is 5.97 Å². The van der Waals surface area contributed by atoms with Crippen LogP contribution in [0.2, 0.25) is 0 Å². The average Bonchev–Trinajstić information content (AvgIpc) is 2.90. The van der Waals surface area contributed by atoms with Gasteiger partial charge < -0.3 is 19.4 Å². The van der Waals surface area contributed by atoms with Gasteiger partial charge in [-0.15, -0.1) is 0 Å². The van der Waals surface area contributed by atoms with Gasteiger partial charge in [0.2, 0.25) is 5.95 Å². The lowest BCUT2D eigenvalue weighted by molar-refractivity contribution is 0.0600. The second-order valence-corrected chi connectivity index (χ2v) is 6.46. The minimum Gasteiger partial charge on any atom is -0.491 e. The van der Waals surface area contributed by atoms with E-state index in [2.05, 4.69) is 10.3 Å². The van der Waals surface area contributed by atoms with Crippen molar-refractivity contribution >= 4 is 28.6 Å². The Kier molecular flexibility index (Phi) is 4.84. The molecule has 0 aliphatic carbocycles. The van der Waals surface area contributed by atoms with E-state index in [1.54, 1.807) is 6.07 Å². The third kappa shape index (κ3) is 3.49. The summed E-state index contributed by atoms with van der Waals surface area (Å²) in [5, 5.41) is 3.30. The fraction of sp³-hybridized carbons (Fsp3) is 0.300. The zero-order valence-corrected chi connectivity index (χ0v) is 15.7. The molecule has 0 aliphatic rings. The first-order chi connectivity index (χ1) is 12.4. The first-order valence-corrected chi connectivity index (χ1v) is 8.48. The van der Waals surface area contributed by atoms with Crippen molar-refractivity contribution < 1.29 is 14.3 Å². The highest BCUT2D eigenvalue weighted by atomic mass is 16.5. The normalized spacial score (nSPS) is 11.0. The van der Waals surface area contributed by atoms with Crippen LogP contribution in [-0.2, 0) is 11.8 Å².